The third kappa shape index (κ3) is 1.23. The fourth-order valence-electron chi connectivity index (χ4n) is 0.973. The molecule has 0 saturated heterocycles. The van der Waals surface area contributed by atoms with Crippen LogP contribution in [-0.4, -0.2) is 4.98 Å². The van der Waals surface area contributed by atoms with Crippen LogP contribution >= 0.6 is 11.8 Å². The van der Waals surface area contributed by atoms with Crippen molar-refractivity contribution in [1.29, 1.82) is 0 Å². The summed E-state index contributed by atoms with van der Waals surface area (Å²) in [6.45, 7) is 3.59. The maximum absolute atomic E-state index is 5.39. The van der Waals surface area contributed by atoms with Crippen LogP contribution in [0.3, 0.4) is 0 Å². The number of thioether (sulfide) groups is 1. The zero-order valence-corrected chi connectivity index (χ0v) is 7.17. The molecule has 0 bridgehead atoms. The summed E-state index contributed by atoms with van der Waals surface area (Å²) in [5.74, 6) is 0. The largest absolute Gasteiger partial charge is 0.431 e. The van der Waals surface area contributed by atoms with E-state index in [1.165, 1.54) is 11.8 Å². The molecule has 3 heteroatoms. The molecule has 0 aliphatic heterocycles. The van der Waals surface area contributed by atoms with Crippen molar-refractivity contribution in [2.75, 3.05) is 0 Å². The van der Waals surface area contributed by atoms with E-state index in [4.69, 9.17) is 4.42 Å². The second-order valence-electron chi connectivity index (χ2n) is 2.23. The highest BCUT2D eigenvalue weighted by molar-refractivity contribution is 8.01. The van der Waals surface area contributed by atoms with Crippen LogP contribution in [0.2, 0.25) is 0 Å². The Bertz CT molecular complexity index is 375. The molecule has 60 valence electrons. The summed E-state index contributed by atoms with van der Waals surface area (Å²) in [6.07, 6.45) is 0. The first kappa shape index (κ1) is 7.43. The first-order valence-electron chi connectivity index (χ1n) is 3.53. The Kier molecular flexibility index (Phi) is 1.87. The first-order valence-corrected chi connectivity index (χ1v) is 4.41. The van der Waals surface area contributed by atoms with Crippen molar-refractivity contribution < 1.29 is 4.42 Å². The van der Waals surface area contributed by atoms with Crippen LogP contribution in [0.1, 0.15) is 0 Å². The maximum atomic E-state index is 5.39. The molecular formula is C9H7NOS. The highest BCUT2D eigenvalue weighted by atomic mass is 32.2. The van der Waals surface area contributed by atoms with Gasteiger partial charge in [0.1, 0.15) is 5.52 Å². The minimum absolute atomic E-state index is 0.645. The van der Waals surface area contributed by atoms with Crippen LogP contribution in [0.15, 0.2) is 45.9 Å². The van der Waals surface area contributed by atoms with E-state index in [0.29, 0.717) is 5.22 Å². The van der Waals surface area contributed by atoms with Crippen LogP contribution in [0, 0.1) is 0 Å². The van der Waals surface area contributed by atoms with E-state index < -0.39 is 0 Å². The topological polar surface area (TPSA) is 26.0 Å². The number of nitrogens with zero attached hydrogens (tertiary/aromatic N) is 1. The molecule has 0 N–H and O–H groups in total. The molecule has 2 nitrogen and oxygen atoms in total. The lowest BCUT2D eigenvalue weighted by atomic mass is 10.3. The molecule has 1 aromatic heterocycles. The van der Waals surface area contributed by atoms with E-state index in [9.17, 15) is 0 Å². The number of para-hydroxylation sites is 2. The van der Waals surface area contributed by atoms with Gasteiger partial charge in [-0.15, -0.1) is 0 Å². The van der Waals surface area contributed by atoms with Gasteiger partial charge in [-0.1, -0.05) is 18.7 Å². The van der Waals surface area contributed by atoms with Crippen molar-refractivity contribution in [3.8, 4) is 0 Å². The number of oxazole rings is 1. The van der Waals surface area contributed by atoms with Crippen LogP contribution in [0.4, 0.5) is 0 Å². The molecule has 0 fully saturated rings. The molecule has 0 radical (unpaired) electrons. The monoisotopic (exact) mass is 177 g/mol. The minimum atomic E-state index is 0.645. The van der Waals surface area contributed by atoms with Gasteiger partial charge in [-0.25, -0.2) is 4.98 Å². The molecule has 2 rings (SSSR count). The van der Waals surface area contributed by atoms with E-state index in [2.05, 4.69) is 11.6 Å². The van der Waals surface area contributed by atoms with E-state index in [-0.39, 0.29) is 0 Å². The Hall–Kier alpha value is -1.22. The molecule has 1 heterocycles. The molecule has 1 aromatic carbocycles. The summed E-state index contributed by atoms with van der Waals surface area (Å²) < 4.78 is 5.39. The second-order valence-corrected chi connectivity index (χ2v) is 3.15. The van der Waals surface area contributed by atoms with Gasteiger partial charge in [0.05, 0.1) is 0 Å². The summed E-state index contributed by atoms with van der Waals surface area (Å²) in [7, 11) is 0. The molecule has 0 spiro atoms. The summed E-state index contributed by atoms with van der Waals surface area (Å²) in [6, 6.07) is 7.69. The van der Waals surface area contributed by atoms with Gasteiger partial charge in [-0.05, 0) is 29.3 Å². The maximum Gasteiger partial charge on any atom is 0.261 e. The fourth-order valence-corrected chi connectivity index (χ4v) is 1.40. The molecule has 0 saturated carbocycles. The lowest BCUT2D eigenvalue weighted by molar-refractivity contribution is 0.490. The van der Waals surface area contributed by atoms with Gasteiger partial charge in [0.15, 0.2) is 5.58 Å². The van der Waals surface area contributed by atoms with Crippen LogP contribution in [0.5, 0.6) is 0 Å². The normalized spacial score (nSPS) is 10.3. The lowest BCUT2D eigenvalue weighted by Gasteiger charge is -1.81. The molecule has 0 aliphatic rings. The SMILES string of the molecule is C=CSc1nc2ccccc2o1. The summed E-state index contributed by atoms with van der Waals surface area (Å²) in [5, 5.41) is 2.34. The van der Waals surface area contributed by atoms with Crippen LogP contribution < -0.4 is 0 Å². The van der Waals surface area contributed by atoms with Gasteiger partial charge < -0.3 is 4.42 Å². The van der Waals surface area contributed by atoms with Gasteiger partial charge in [0, 0.05) is 0 Å². The number of hydrogen-bond donors (Lipinski definition) is 0. The zero-order valence-electron chi connectivity index (χ0n) is 6.36. The van der Waals surface area contributed by atoms with Gasteiger partial charge in [0.2, 0.25) is 0 Å². The van der Waals surface area contributed by atoms with Gasteiger partial charge in [-0.3, -0.25) is 0 Å². The molecule has 0 aliphatic carbocycles. The van der Waals surface area contributed by atoms with Crippen molar-refractivity contribution in [1.82, 2.24) is 4.98 Å². The number of aromatic nitrogens is 1. The van der Waals surface area contributed by atoms with Gasteiger partial charge >= 0.3 is 0 Å². The third-order valence-electron chi connectivity index (χ3n) is 1.46. The van der Waals surface area contributed by atoms with Crippen molar-refractivity contribution >= 4 is 22.9 Å². The summed E-state index contributed by atoms with van der Waals surface area (Å²) in [5.41, 5.74) is 1.71. The molecule has 2 aromatic rings. The highest BCUT2D eigenvalue weighted by Crippen LogP contribution is 2.22. The fraction of sp³-hybridized carbons (Fsp3) is 0. The van der Waals surface area contributed by atoms with E-state index in [1.807, 2.05) is 24.3 Å². The van der Waals surface area contributed by atoms with Crippen LogP contribution in [0.25, 0.3) is 11.1 Å². The van der Waals surface area contributed by atoms with Crippen molar-refractivity contribution in [3.63, 3.8) is 0 Å². The average molecular weight is 177 g/mol. The average Bonchev–Trinajstić information content (AvgIpc) is 2.47. The van der Waals surface area contributed by atoms with E-state index >= 15 is 0 Å². The van der Waals surface area contributed by atoms with E-state index in [1.54, 1.807) is 5.41 Å². The first-order chi connectivity index (χ1) is 5.90. The number of rotatable bonds is 2. The van der Waals surface area contributed by atoms with Gasteiger partial charge in [-0.2, -0.15) is 0 Å². The van der Waals surface area contributed by atoms with Crippen molar-refractivity contribution in [2.24, 2.45) is 0 Å². The molecule has 12 heavy (non-hydrogen) atoms. The summed E-state index contributed by atoms with van der Waals surface area (Å²) in [4.78, 5) is 4.23. The van der Waals surface area contributed by atoms with Gasteiger partial charge in [0.25, 0.3) is 5.22 Å². The lowest BCUT2D eigenvalue weighted by Crippen LogP contribution is -1.64. The van der Waals surface area contributed by atoms with Crippen molar-refractivity contribution in [2.45, 2.75) is 5.22 Å². The Labute approximate surface area is 74.3 Å². The highest BCUT2D eigenvalue weighted by Gasteiger charge is 2.02. The smallest absolute Gasteiger partial charge is 0.261 e. The number of hydrogen-bond acceptors (Lipinski definition) is 3. The van der Waals surface area contributed by atoms with Crippen molar-refractivity contribution in [3.05, 3.63) is 36.3 Å². The third-order valence-corrected chi connectivity index (χ3v) is 2.00. The van der Waals surface area contributed by atoms with Crippen LogP contribution in [-0.2, 0) is 0 Å². The minimum Gasteiger partial charge on any atom is -0.431 e. The summed E-state index contributed by atoms with van der Waals surface area (Å²) >= 11 is 1.39. The molecule has 0 atom stereocenters. The Morgan fingerprint density at radius 2 is 2.25 bits per heavy atom. The standard InChI is InChI=1S/C9H7NOS/c1-2-12-9-10-7-5-3-4-6-8(7)11-9/h2-6H,1H2. The molecule has 0 unspecified atom stereocenters. The Morgan fingerprint density at radius 1 is 1.42 bits per heavy atom. The number of benzene rings is 1. The predicted octanol–water partition coefficient (Wildman–Crippen LogP) is 3.06. The predicted molar refractivity (Wildman–Crippen MR) is 50.1 cm³/mol. The zero-order chi connectivity index (χ0) is 8.39. The Balaban J connectivity index is 2.54. The Morgan fingerprint density at radius 3 is 3.00 bits per heavy atom. The number of fused-ring (bicyclic) bond motifs is 1. The van der Waals surface area contributed by atoms with E-state index in [0.717, 1.165) is 11.1 Å². The molecular weight excluding hydrogens is 170 g/mol. The molecule has 0 amide bonds. The quantitative estimate of drug-likeness (QED) is 0.659. The second kappa shape index (κ2) is 3.03.